The molecule has 0 atom stereocenters. The number of nitrogens with one attached hydrogen (secondary N) is 1. The summed E-state index contributed by atoms with van der Waals surface area (Å²) in [6, 6.07) is 0. The highest BCUT2D eigenvalue weighted by atomic mass is 16.5. The summed E-state index contributed by atoms with van der Waals surface area (Å²) < 4.78 is 5.32. The maximum absolute atomic E-state index is 5.32. The van der Waals surface area contributed by atoms with E-state index in [2.05, 4.69) is 20.2 Å². The quantitative estimate of drug-likeness (QED) is 0.770. The molecule has 1 fully saturated rings. The van der Waals surface area contributed by atoms with Crippen LogP contribution in [0.3, 0.4) is 0 Å². The Balaban J connectivity index is 1.64. The van der Waals surface area contributed by atoms with Crippen LogP contribution in [0.4, 0.5) is 5.82 Å². The molecule has 1 saturated heterocycles. The SMILES string of the molecule is Cc1nccnc1NCCCN1CCOCC1. The molecule has 1 aromatic rings. The normalized spacial score (nSPS) is 17.0. The molecule has 1 aliphatic heterocycles. The van der Waals surface area contributed by atoms with Crippen molar-refractivity contribution in [1.82, 2.24) is 14.9 Å². The lowest BCUT2D eigenvalue weighted by molar-refractivity contribution is 0.0378. The number of aromatic nitrogens is 2. The second-order valence-corrected chi connectivity index (χ2v) is 4.22. The van der Waals surface area contributed by atoms with E-state index in [0.717, 1.165) is 57.3 Å². The molecule has 1 aromatic heterocycles. The van der Waals surface area contributed by atoms with E-state index in [1.165, 1.54) is 0 Å². The van der Waals surface area contributed by atoms with Gasteiger partial charge in [-0.1, -0.05) is 0 Å². The van der Waals surface area contributed by atoms with E-state index in [1.54, 1.807) is 12.4 Å². The zero-order valence-corrected chi connectivity index (χ0v) is 10.4. The number of ether oxygens (including phenoxy) is 1. The van der Waals surface area contributed by atoms with Crippen LogP contribution in [0, 0.1) is 6.92 Å². The molecule has 94 valence electrons. The first kappa shape index (κ1) is 12.3. The second kappa shape index (κ2) is 6.51. The van der Waals surface area contributed by atoms with Gasteiger partial charge in [-0.05, 0) is 19.9 Å². The molecule has 0 saturated carbocycles. The van der Waals surface area contributed by atoms with E-state index in [1.807, 2.05) is 6.92 Å². The minimum Gasteiger partial charge on any atom is -0.379 e. The molecule has 5 heteroatoms. The fraction of sp³-hybridized carbons (Fsp3) is 0.667. The molecule has 2 rings (SSSR count). The first-order valence-electron chi connectivity index (χ1n) is 6.18. The summed E-state index contributed by atoms with van der Waals surface area (Å²) in [5, 5.41) is 3.32. The van der Waals surface area contributed by atoms with Crippen molar-refractivity contribution in [3.8, 4) is 0 Å². The highest BCUT2D eigenvalue weighted by Gasteiger charge is 2.09. The summed E-state index contributed by atoms with van der Waals surface area (Å²) in [4.78, 5) is 10.9. The highest BCUT2D eigenvalue weighted by Crippen LogP contribution is 2.06. The first-order chi connectivity index (χ1) is 8.36. The number of nitrogens with zero attached hydrogens (tertiary/aromatic N) is 3. The minimum absolute atomic E-state index is 0.872. The molecule has 1 N–H and O–H groups in total. The molecular formula is C12H20N4O. The van der Waals surface area contributed by atoms with Crippen molar-refractivity contribution in [1.29, 1.82) is 0 Å². The average molecular weight is 236 g/mol. The number of hydrogen-bond donors (Lipinski definition) is 1. The molecule has 0 unspecified atom stereocenters. The number of hydrogen-bond acceptors (Lipinski definition) is 5. The van der Waals surface area contributed by atoms with Crippen LogP contribution in [0.1, 0.15) is 12.1 Å². The van der Waals surface area contributed by atoms with Gasteiger partial charge in [0.2, 0.25) is 0 Å². The number of aryl methyl sites for hydroxylation is 1. The van der Waals surface area contributed by atoms with Crippen molar-refractivity contribution < 1.29 is 4.74 Å². The molecule has 5 nitrogen and oxygen atoms in total. The van der Waals surface area contributed by atoms with Gasteiger partial charge < -0.3 is 10.1 Å². The Kier molecular flexibility index (Phi) is 4.70. The third-order valence-corrected chi connectivity index (χ3v) is 2.93. The van der Waals surface area contributed by atoms with Gasteiger partial charge in [0, 0.05) is 32.0 Å². The van der Waals surface area contributed by atoms with Gasteiger partial charge in [-0.15, -0.1) is 0 Å². The highest BCUT2D eigenvalue weighted by molar-refractivity contribution is 5.37. The number of rotatable bonds is 5. The Bertz CT molecular complexity index is 339. The lowest BCUT2D eigenvalue weighted by Gasteiger charge is -2.26. The summed E-state index contributed by atoms with van der Waals surface area (Å²) in [6.45, 7) is 7.89. The van der Waals surface area contributed by atoms with Crippen LogP contribution < -0.4 is 5.32 Å². The number of morpholine rings is 1. The molecule has 0 bridgehead atoms. The van der Waals surface area contributed by atoms with Gasteiger partial charge in [-0.25, -0.2) is 4.98 Å². The van der Waals surface area contributed by atoms with Gasteiger partial charge in [-0.2, -0.15) is 0 Å². The molecule has 1 aliphatic rings. The van der Waals surface area contributed by atoms with Crippen LogP contribution in [-0.4, -0.2) is 54.3 Å². The van der Waals surface area contributed by atoms with Crippen molar-refractivity contribution >= 4 is 5.82 Å². The van der Waals surface area contributed by atoms with E-state index in [0.29, 0.717) is 0 Å². The van der Waals surface area contributed by atoms with Crippen LogP contribution in [-0.2, 0) is 4.74 Å². The van der Waals surface area contributed by atoms with Crippen molar-refractivity contribution in [2.75, 3.05) is 44.7 Å². The van der Waals surface area contributed by atoms with Crippen LogP contribution in [0.25, 0.3) is 0 Å². The lowest BCUT2D eigenvalue weighted by Crippen LogP contribution is -2.37. The van der Waals surface area contributed by atoms with Crippen LogP contribution in [0.5, 0.6) is 0 Å². The van der Waals surface area contributed by atoms with Crippen molar-refractivity contribution in [3.05, 3.63) is 18.1 Å². The predicted octanol–water partition coefficient (Wildman–Crippen LogP) is 0.919. The smallest absolute Gasteiger partial charge is 0.147 e. The Hall–Kier alpha value is -1.20. The van der Waals surface area contributed by atoms with Gasteiger partial charge in [0.05, 0.1) is 18.9 Å². The average Bonchev–Trinajstić information content (AvgIpc) is 2.38. The molecule has 0 spiro atoms. The zero-order valence-electron chi connectivity index (χ0n) is 10.4. The summed E-state index contributed by atoms with van der Waals surface area (Å²) in [7, 11) is 0. The fourth-order valence-corrected chi connectivity index (χ4v) is 1.92. The van der Waals surface area contributed by atoms with E-state index in [9.17, 15) is 0 Å². The lowest BCUT2D eigenvalue weighted by atomic mass is 10.3. The monoisotopic (exact) mass is 236 g/mol. The second-order valence-electron chi connectivity index (χ2n) is 4.22. The molecule has 2 heterocycles. The van der Waals surface area contributed by atoms with Crippen molar-refractivity contribution in [2.45, 2.75) is 13.3 Å². The Labute approximate surface area is 102 Å². The Morgan fingerprint density at radius 1 is 1.29 bits per heavy atom. The Morgan fingerprint density at radius 3 is 2.82 bits per heavy atom. The van der Waals surface area contributed by atoms with Crippen molar-refractivity contribution in [2.24, 2.45) is 0 Å². The maximum Gasteiger partial charge on any atom is 0.147 e. The molecule has 0 aliphatic carbocycles. The zero-order chi connectivity index (χ0) is 11.9. The molecule has 17 heavy (non-hydrogen) atoms. The van der Waals surface area contributed by atoms with Gasteiger partial charge >= 0.3 is 0 Å². The third-order valence-electron chi connectivity index (χ3n) is 2.93. The summed E-state index contributed by atoms with van der Waals surface area (Å²) in [5.74, 6) is 0.898. The number of anilines is 1. The van der Waals surface area contributed by atoms with E-state index in [4.69, 9.17) is 4.74 Å². The summed E-state index contributed by atoms with van der Waals surface area (Å²) >= 11 is 0. The van der Waals surface area contributed by atoms with Crippen LogP contribution >= 0.6 is 0 Å². The molecular weight excluding hydrogens is 216 g/mol. The Morgan fingerprint density at radius 2 is 2.06 bits per heavy atom. The first-order valence-corrected chi connectivity index (χ1v) is 6.18. The topological polar surface area (TPSA) is 50.3 Å². The molecule has 0 radical (unpaired) electrons. The maximum atomic E-state index is 5.32. The standard InChI is InChI=1S/C12H20N4O/c1-11-12(15-5-4-13-11)14-3-2-6-16-7-9-17-10-8-16/h4-5H,2-3,6-10H2,1H3,(H,14,15). The van der Waals surface area contributed by atoms with E-state index < -0.39 is 0 Å². The molecule has 0 aromatic carbocycles. The van der Waals surface area contributed by atoms with E-state index >= 15 is 0 Å². The molecule has 0 amide bonds. The van der Waals surface area contributed by atoms with Gasteiger partial charge in [0.1, 0.15) is 5.82 Å². The minimum atomic E-state index is 0.872. The predicted molar refractivity (Wildman–Crippen MR) is 67.1 cm³/mol. The van der Waals surface area contributed by atoms with Gasteiger partial charge in [0.25, 0.3) is 0 Å². The van der Waals surface area contributed by atoms with Crippen LogP contribution in [0.15, 0.2) is 12.4 Å². The fourth-order valence-electron chi connectivity index (χ4n) is 1.92. The van der Waals surface area contributed by atoms with Crippen LogP contribution in [0.2, 0.25) is 0 Å². The summed E-state index contributed by atoms with van der Waals surface area (Å²) in [5.41, 5.74) is 0.957. The third kappa shape index (κ3) is 3.94. The van der Waals surface area contributed by atoms with Crippen molar-refractivity contribution in [3.63, 3.8) is 0 Å². The summed E-state index contributed by atoms with van der Waals surface area (Å²) in [6.07, 6.45) is 4.56. The van der Waals surface area contributed by atoms with E-state index in [-0.39, 0.29) is 0 Å². The largest absolute Gasteiger partial charge is 0.379 e. The van der Waals surface area contributed by atoms with Gasteiger partial charge in [-0.3, -0.25) is 9.88 Å². The van der Waals surface area contributed by atoms with Gasteiger partial charge in [0.15, 0.2) is 0 Å².